The van der Waals surface area contributed by atoms with Crippen LogP contribution in [0.1, 0.15) is 19.8 Å². The van der Waals surface area contributed by atoms with Crippen LogP contribution < -0.4 is 0 Å². The molecule has 0 saturated carbocycles. The Hall–Kier alpha value is -0.580. The summed E-state index contributed by atoms with van der Waals surface area (Å²) in [5, 5.41) is 0. The molecule has 0 aromatic carbocycles. The Morgan fingerprint density at radius 2 is 1.64 bits per heavy atom. The lowest BCUT2D eigenvalue weighted by Gasteiger charge is -2.28. The third kappa shape index (κ3) is 4.60. The van der Waals surface area contributed by atoms with Crippen molar-refractivity contribution in [2.24, 2.45) is 0 Å². The van der Waals surface area contributed by atoms with E-state index in [0.29, 0.717) is 13.0 Å². The molecule has 4 heteroatoms. The first kappa shape index (κ1) is 13.4. The average molecular weight is 204 g/mol. The molecular formula is C10H20O4. The molecule has 0 spiro atoms. The Morgan fingerprint density at radius 1 is 1.07 bits per heavy atom. The van der Waals surface area contributed by atoms with Crippen LogP contribution in [-0.2, 0) is 18.9 Å². The summed E-state index contributed by atoms with van der Waals surface area (Å²) in [4.78, 5) is 0. The second kappa shape index (κ2) is 7.79. The van der Waals surface area contributed by atoms with E-state index in [0.717, 1.165) is 6.42 Å². The van der Waals surface area contributed by atoms with Gasteiger partial charge in [0.1, 0.15) is 0 Å². The zero-order valence-electron chi connectivity index (χ0n) is 9.41. The molecule has 0 aliphatic heterocycles. The van der Waals surface area contributed by atoms with Crippen molar-refractivity contribution in [1.82, 2.24) is 0 Å². The van der Waals surface area contributed by atoms with Gasteiger partial charge in [0.15, 0.2) is 0 Å². The fraction of sp³-hybridized carbons (Fsp3) is 0.800. The fourth-order valence-corrected chi connectivity index (χ4v) is 1.09. The number of hydrogen-bond acceptors (Lipinski definition) is 4. The van der Waals surface area contributed by atoms with Crippen molar-refractivity contribution in [3.8, 4) is 0 Å². The Bertz CT molecular complexity index is 144. The summed E-state index contributed by atoms with van der Waals surface area (Å²) in [6, 6.07) is 0. The molecule has 0 heterocycles. The second-order valence-electron chi connectivity index (χ2n) is 2.74. The lowest BCUT2D eigenvalue weighted by molar-refractivity contribution is -0.355. The van der Waals surface area contributed by atoms with Gasteiger partial charge in [-0.3, -0.25) is 0 Å². The number of allylic oxidation sites excluding steroid dienone is 1. The molecule has 0 amide bonds. The third-order valence-corrected chi connectivity index (χ3v) is 1.91. The predicted molar refractivity (Wildman–Crippen MR) is 53.8 cm³/mol. The molecule has 0 atom stereocenters. The van der Waals surface area contributed by atoms with Crippen LogP contribution in [0.15, 0.2) is 12.3 Å². The van der Waals surface area contributed by atoms with Crippen LogP contribution in [0, 0.1) is 0 Å². The number of methoxy groups -OCH3 is 3. The Kier molecular flexibility index (Phi) is 7.47. The van der Waals surface area contributed by atoms with E-state index >= 15 is 0 Å². The van der Waals surface area contributed by atoms with E-state index in [9.17, 15) is 0 Å². The molecule has 14 heavy (non-hydrogen) atoms. The minimum absolute atomic E-state index is 0.627. The molecule has 0 N–H and O–H groups in total. The maximum Gasteiger partial charge on any atom is 0.282 e. The zero-order valence-corrected chi connectivity index (χ0v) is 9.41. The van der Waals surface area contributed by atoms with Crippen molar-refractivity contribution in [3.05, 3.63) is 12.3 Å². The molecule has 0 fully saturated rings. The highest BCUT2D eigenvalue weighted by Crippen LogP contribution is 2.18. The molecule has 0 aromatic heterocycles. The van der Waals surface area contributed by atoms with Gasteiger partial charge in [0.05, 0.1) is 12.9 Å². The van der Waals surface area contributed by atoms with Crippen molar-refractivity contribution < 1.29 is 18.9 Å². The molecule has 0 aliphatic rings. The zero-order chi connectivity index (χ0) is 10.9. The van der Waals surface area contributed by atoms with E-state index in [1.54, 1.807) is 27.6 Å². The van der Waals surface area contributed by atoms with Crippen molar-refractivity contribution in [2.45, 2.75) is 25.7 Å². The molecule has 0 saturated heterocycles. The minimum Gasteiger partial charge on any atom is -0.502 e. The Morgan fingerprint density at radius 3 is 2.07 bits per heavy atom. The van der Waals surface area contributed by atoms with Gasteiger partial charge in [-0.1, -0.05) is 6.08 Å². The van der Waals surface area contributed by atoms with E-state index in [1.807, 2.05) is 13.0 Å². The molecule has 0 unspecified atom stereocenters. The third-order valence-electron chi connectivity index (χ3n) is 1.91. The minimum atomic E-state index is -0.931. The lowest BCUT2D eigenvalue weighted by Crippen LogP contribution is -2.36. The van der Waals surface area contributed by atoms with Crippen LogP contribution >= 0.6 is 0 Å². The lowest BCUT2D eigenvalue weighted by atomic mass is 10.3. The summed E-state index contributed by atoms with van der Waals surface area (Å²) in [7, 11) is 4.67. The van der Waals surface area contributed by atoms with Gasteiger partial charge in [0.2, 0.25) is 0 Å². The Balaban J connectivity index is 3.71. The monoisotopic (exact) mass is 204 g/mol. The average Bonchev–Trinajstić information content (AvgIpc) is 2.24. The van der Waals surface area contributed by atoms with Crippen LogP contribution in [0.25, 0.3) is 0 Å². The highest BCUT2D eigenvalue weighted by Gasteiger charge is 2.28. The summed E-state index contributed by atoms with van der Waals surface area (Å²) in [5.41, 5.74) is 0. The number of hydrogen-bond donors (Lipinski definition) is 0. The number of rotatable bonds is 8. The topological polar surface area (TPSA) is 36.9 Å². The van der Waals surface area contributed by atoms with Crippen molar-refractivity contribution in [1.29, 1.82) is 0 Å². The van der Waals surface area contributed by atoms with E-state index in [2.05, 4.69) is 0 Å². The van der Waals surface area contributed by atoms with E-state index in [4.69, 9.17) is 18.9 Å². The number of ether oxygens (including phenoxy) is 4. The van der Waals surface area contributed by atoms with Crippen molar-refractivity contribution in [3.63, 3.8) is 0 Å². The first-order chi connectivity index (χ1) is 6.74. The first-order valence-electron chi connectivity index (χ1n) is 4.63. The maximum atomic E-state index is 5.16. The molecule has 0 radical (unpaired) electrons. The van der Waals surface area contributed by atoms with Crippen LogP contribution in [0.4, 0.5) is 0 Å². The quantitative estimate of drug-likeness (QED) is 0.344. The first-order valence-corrected chi connectivity index (χ1v) is 4.63. The molecule has 0 bridgehead atoms. The second-order valence-corrected chi connectivity index (χ2v) is 2.74. The van der Waals surface area contributed by atoms with Gasteiger partial charge in [-0.2, -0.15) is 0 Å². The highest BCUT2D eigenvalue weighted by atomic mass is 16.9. The standard InChI is InChI=1S/C10H20O4/c1-5-8-14-9-6-7-10(11-2,12-3)13-4/h5,8H,6-7,9H2,1-4H3. The highest BCUT2D eigenvalue weighted by molar-refractivity contribution is 4.65. The van der Waals surface area contributed by atoms with Crippen LogP contribution in [0.2, 0.25) is 0 Å². The van der Waals surface area contributed by atoms with Crippen molar-refractivity contribution in [2.75, 3.05) is 27.9 Å². The summed E-state index contributed by atoms with van der Waals surface area (Å²) >= 11 is 0. The normalized spacial score (nSPS) is 12.3. The van der Waals surface area contributed by atoms with Gasteiger partial charge in [-0.15, -0.1) is 0 Å². The van der Waals surface area contributed by atoms with Gasteiger partial charge in [0.25, 0.3) is 5.97 Å². The summed E-state index contributed by atoms with van der Waals surface area (Å²) in [6.07, 6.45) is 4.94. The van der Waals surface area contributed by atoms with E-state index < -0.39 is 5.97 Å². The smallest absolute Gasteiger partial charge is 0.282 e. The maximum absolute atomic E-state index is 5.16. The molecule has 4 nitrogen and oxygen atoms in total. The van der Waals surface area contributed by atoms with Gasteiger partial charge in [0, 0.05) is 27.8 Å². The van der Waals surface area contributed by atoms with Crippen molar-refractivity contribution >= 4 is 0 Å². The van der Waals surface area contributed by atoms with Crippen LogP contribution in [-0.4, -0.2) is 33.9 Å². The van der Waals surface area contributed by atoms with Gasteiger partial charge in [-0.05, 0) is 13.3 Å². The summed E-state index contributed by atoms with van der Waals surface area (Å²) < 4.78 is 20.5. The molecule has 84 valence electrons. The van der Waals surface area contributed by atoms with Crippen LogP contribution in [0.3, 0.4) is 0 Å². The molecule has 0 aliphatic carbocycles. The van der Waals surface area contributed by atoms with Gasteiger partial charge in [-0.25, -0.2) is 0 Å². The summed E-state index contributed by atoms with van der Waals surface area (Å²) in [5.74, 6) is -0.931. The summed E-state index contributed by atoms with van der Waals surface area (Å²) in [6.45, 7) is 2.53. The SMILES string of the molecule is CC=COCCCC(OC)(OC)OC. The molecule has 0 rings (SSSR count). The molecular weight excluding hydrogens is 184 g/mol. The van der Waals surface area contributed by atoms with Crippen LogP contribution in [0.5, 0.6) is 0 Å². The predicted octanol–water partition coefficient (Wildman–Crippen LogP) is 1.91. The van der Waals surface area contributed by atoms with Gasteiger partial charge >= 0.3 is 0 Å². The van der Waals surface area contributed by atoms with E-state index in [1.165, 1.54) is 0 Å². The van der Waals surface area contributed by atoms with Gasteiger partial charge < -0.3 is 18.9 Å². The Labute approximate surface area is 85.8 Å². The molecule has 0 aromatic rings. The van der Waals surface area contributed by atoms with E-state index in [-0.39, 0.29) is 0 Å². The largest absolute Gasteiger partial charge is 0.502 e. The fourth-order valence-electron chi connectivity index (χ4n) is 1.09.